The smallest absolute Gasteiger partial charge is 0.249 e. The normalized spacial score (nSPS) is 27.5. The number of aryl methyl sites for hydroxylation is 1. The summed E-state index contributed by atoms with van der Waals surface area (Å²) in [7, 11) is 0. The van der Waals surface area contributed by atoms with Gasteiger partial charge in [-0.1, -0.05) is 60.7 Å². The molecule has 8 heteroatoms. The molecule has 2 bridgehead atoms. The van der Waals surface area contributed by atoms with Crippen LogP contribution in [0.15, 0.2) is 42.5 Å². The molecule has 6 rings (SSSR count). The molecule has 4 aliphatic rings. The summed E-state index contributed by atoms with van der Waals surface area (Å²) >= 11 is 1.31. The Hall–Kier alpha value is -2.87. The average Bonchev–Trinajstić information content (AvgIpc) is 3.37. The molecule has 1 saturated heterocycles. The van der Waals surface area contributed by atoms with Gasteiger partial charge in [0.15, 0.2) is 0 Å². The van der Waals surface area contributed by atoms with Gasteiger partial charge < -0.3 is 0 Å². The summed E-state index contributed by atoms with van der Waals surface area (Å²) in [6.45, 7) is 1.97. The maximum Gasteiger partial charge on any atom is 0.249 e. The molecule has 7 nitrogen and oxygen atoms in total. The first-order chi connectivity index (χ1) is 15.1. The predicted octanol–water partition coefficient (Wildman–Crippen LogP) is 2.85. The maximum absolute atomic E-state index is 13.4. The Morgan fingerprint density at radius 1 is 1.10 bits per heavy atom. The minimum absolute atomic E-state index is 0.0900. The fourth-order valence-electron chi connectivity index (χ4n) is 5.18. The highest BCUT2D eigenvalue weighted by Crippen LogP contribution is 2.50. The molecular weight excluding hydrogens is 412 g/mol. The van der Waals surface area contributed by atoms with Gasteiger partial charge in [-0.05, 0) is 36.7 Å². The molecule has 3 amide bonds. The summed E-state index contributed by atoms with van der Waals surface area (Å²) in [5.41, 5.74) is 0.894. The first-order valence-electron chi connectivity index (χ1n) is 10.8. The lowest BCUT2D eigenvalue weighted by Crippen LogP contribution is -2.49. The lowest BCUT2D eigenvalue weighted by molar-refractivity contribution is -0.146. The molecule has 3 aliphatic carbocycles. The van der Waals surface area contributed by atoms with Gasteiger partial charge in [-0.2, -0.15) is 0 Å². The van der Waals surface area contributed by atoms with Crippen LogP contribution < -0.4 is 5.32 Å². The van der Waals surface area contributed by atoms with E-state index in [1.165, 1.54) is 16.2 Å². The van der Waals surface area contributed by atoms with Crippen molar-refractivity contribution in [3.05, 3.63) is 53.1 Å². The van der Waals surface area contributed by atoms with Crippen molar-refractivity contribution in [3.63, 3.8) is 0 Å². The number of amides is 3. The molecular formula is C23H24N4O3S. The van der Waals surface area contributed by atoms with E-state index >= 15 is 0 Å². The number of hydrogen-bond donors (Lipinski definition) is 1. The zero-order valence-electron chi connectivity index (χ0n) is 17.2. The van der Waals surface area contributed by atoms with Crippen molar-refractivity contribution in [2.24, 2.45) is 23.7 Å². The van der Waals surface area contributed by atoms with Crippen LogP contribution in [0.2, 0.25) is 0 Å². The molecule has 1 aliphatic heterocycles. The van der Waals surface area contributed by atoms with Crippen LogP contribution >= 0.6 is 11.3 Å². The molecule has 2 aromatic rings. The highest BCUT2D eigenvalue weighted by atomic mass is 32.1. The topological polar surface area (TPSA) is 92.3 Å². The number of fused-ring (bicyclic) bond motifs is 1. The van der Waals surface area contributed by atoms with Crippen LogP contribution in [0.5, 0.6) is 0 Å². The molecule has 1 N–H and O–H groups in total. The molecule has 160 valence electrons. The van der Waals surface area contributed by atoms with Crippen LogP contribution in [-0.2, 0) is 27.2 Å². The third-order valence-corrected chi connectivity index (χ3v) is 7.66. The minimum Gasteiger partial charge on any atom is -0.299 e. The van der Waals surface area contributed by atoms with Crippen molar-refractivity contribution in [3.8, 4) is 0 Å². The van der Waals surface area contributed by atoms with E-state index in [4.69, 9.17) is 0 Å². The van der Waals surface area contributed by atoms with Gasteiger partial charge >= 0.3 is 0 Å². The van der Waals surface area contributed by atoms with Gasteiger partial charge in [0.1, 0.15) is 11.0 Å². The van der Waals surface area contributed by atoms with Crippen LogP contribution in [0.25, 0.3) is 0 Å². The second-order valence-corrected chi connectivity index (χ2v) is 9.50. The van der Waals surface area contributed by atoms with Crippen LogP contribution in [0, 0.1) is 23.7 Å². The van der Waals surface area contributed by atoms with Gasteiger partial charge in [-0.3, -0.25) is 24.6 Å². The van der Waals surface area contributed by atoms with Gasteiger partial charge in [-0.15, -0.1) is 10.2 Å². The molecule has 0 radical (unpaired) electrons. The van der Waals surface area contributed by atoms with Gasteiger partial charge in [0.2, 0.25) is 22.9 Å². The fourth-order valence-corrected chi connectivity index (χ4v) is 5.86. The van der Waals surface area contributed by atoms with E-state index in [9.17, 15) is 14.4 Å². The van der Waals surface area contributed by atoms with E-state index in [0.29, 0.717) is 5.13 Å². The van der Waals surface area contributed by atoms with Crippen LogP contribution in [0.4, 0.5) is 5.13 Å². The third kappa shape index (κ3) is 3.48. The number of likely N-dealkylation sites (tertiary alicyclic amines) is 1. The zero-order chi connectivity index (χ0) is 21.5. The molecule has 2 fully saturated rings. The van der Waals surface area contributed by atoms with Gasteiger partial charge in [0.25, 0.3) is 0 Å². The average molecular weight is 437 g/mol. The number of hydrogen-bond acceptors (Lipinski definition) is 6. The monoisotopic (exact) mass is 436 g/mol. The molecule has 1 aromatic heterocycles. The van der Waals surface area contributed by atoms with Crippen LogP contribution in [0.3, 0.4) is 0 Å². The van der Waals surface area contributed by atoms with E-state index in [1.54, 1.807) is 0 Å². The summed E-state index contributed by atoms with van der Waals surface area (Å²) in [5.74, 6) is -1.32. The molecule has 0 spiro atoms. The van der Waals surface area contributed by atoms with Crippen molar-refractivity contribution < 1.29 is 14.4 Å². The minimum atomic E-state index is -0.915. The van der Waals surface area contributed by atoms with E-state index in [0.717, 1.165) is 29.8 Å². The third-order valence-electron chi connectivity index (χ3n) is 6.68. The zero-order valence-corrected chi connectivity index (χ0v) is 18.0. The SMILES string of the molecule is CCc1nnc(NC(=O)C(Cc2ccccc2)N2C(=O)C3C4C=CC(CC4)C3C2=O)s1. The second kappa shape index (κ2) is 8.00. The first-order valence-corrected chi connectivity index (χ1v) is 11.6. The quantitative estimate of drug-likeness (QED) is 0.555. The van der Waals surface area contributed by atoms with Crippen molar-refractivity contribution >= 4 is 34.2 Å². The maximum atomic E-state index is 13.4. The number of carbonyl (C=O) groups is 3. The van der Waals surface area contributed by atoms with Crippen molar-refractivity contribution in [2.75, 3.05) is 5.32 Å². The summed E-state index contributed by atoms with van der Waals surface area (Å²) in [6, 6.07) is 8.57. The number of carbonyl (C=O) groups excluding carboxylic acids is 3. The Morgan fingerprint density at radius 2 is 1.74 bits per heavy atom. The van der Waals surface area contributed by atoms with E-state index in [-0.39, 0.29) is 41.9 Å². The number of allylic oxidation sites excluding steroid dienone is 2. The standard InChI is InChI=1S/C23H24N4O3S/c1-2-17-25-26-23(31-17)24-20(28)16(12-13-6-4-3-5-7-13)27-21(29)18-14-8-9-15(11-10-14)19(18)22(27)30/h3-9,14-16,18-19H,2,10-12H2,1H3,(H,24,26,28). The molecule has 31 heavy (non-hydrogen) atoms. The summed E-state index contributed by atoms with van der Waals surface area (Å²) < 4.78 is 0. The summed E-state index contributed by atoms with van der Waals surface area (Å²) in [4.78, 5) is 41.5. The molecule has 2 heterocycles. The number of nitrogens with one attached hydrogen (secondary N) is 1. The van der Waals surface area contributed by atoms with Gasteiger partial charge in [-0.25, -0.2) is 0 Å². The van der Waals surface area contributed by atoms with Crippen LogP contribution in [0.1, 0.15) is 30.3 Å². The highest BCUT2D eigenvalue weighted by molar-refractivity contribution is 7.15. The summed E-state index contributed by atoms with van der Waals surface area (Å²) in [6.07, 6.45) is 7.02. The Labute approximate surface area is 184 Å². The van der Waals surface area contributed by atoms with Crippen LogP contribution in [-0.4, -0.2) is 38.9 Å². The van der Waals surface area contributed by atoms with Crippen molar-refractivity contribution in [1.29, 1.82) is 0 Å². The molecule has 1 aromatic carbocycles. The van der Waals surface area contributed by atoms with Gasteiger partial charge in [0, 0.05) is 6.42 Å². The Kier molecular flexibility index (Phi) is 5.17. The van der Waals surface area contributed by atoms with Crippen molar-refractivity contribution in [2.45, 2.75) is 38.6 Å². The lowest BCUT2D eigenvalue weighted by Gasteiger charge is -2.38. The second-order valence-electron chi connectivity index (χ2n) is 8.44. The number of imide groups is 1. The highest BCUT2D eigenvalue weighted by Gasteiger charge is 2.58. The number of aromatic nitrogens is 2. The molecule has 1 saturated carbocycles. The van der Waals surface area contributed by atoms with Gasteiger partial charge in [0.05, 0.1) is 11.8 Å². The Bertz CT molecular complexity index is 1020. The number of nitrogens with zero attached hydrogens (tertiary/aromatic N) is 3. The predicted molar refractivity (Wildman–Crippen MR) is 116 cm³/mol. The fraction of sp³-hybridized carbons (Fsp3) is 0.435. The number of anilines is 1. The molecule has 5 unspecified atom stereocenters. The number of benzene rings is 1. The lowest BCUT2D eigenvalue weighted by atomic mass is 9.63. The van der Waals surface area contributed by atoms with E-state index in [1.807, 2.05) is 37.3 Å². The Balaban J connectivity index is 1.46. The van der Waals surface area contributed by atoms with E-state index in [2.05, 4.69) is 27.7 Å². The number of rotatable bonds is 6. The van der Waals surface area contributed by atoms with E-state index < -0.39 is 11.9 Å². The first kappa shape index (κ1) is 20.1. The summed E-state index contributed by atoms with van der Waals surface area (Å²) in [5, 5.41) is 12.1. The largest absolute Gasteiger partial charge is 0.299 e. The molecule has 5 atom stereocenters. The Morgan fingerprint density at radius 3 is 2.29 bits per heavy atom. The van der Waals surface area contributed by atoms with Crippen molar-refractivity contribution in [1.82, 2.24) is 15.1 Å².